The lowest BCUT2D eigenvalue weighted by Gasteiger charge is -2.15. The molecule has 0 bridgehead atoms. The Labute approximate surface area is 206 Å². The van der Waals surface area contributed by atoms with Gasteiger partial charge < -0.3 is 21.5 Å². The average Bonchev–Trinajstić information content (AvgIpc) is 2.79. The summed E-state index contributed by atoms with van der Waals surface area (Å²) in [5.74, 6) is -0.750. The van der Waals surface area contributed by atoms with Gasteiger partial charge in [0, 0.05) is 29.1 Å². The number of halogens is 1. The lowest BCUT2D eigenvalue weighted by molar-refractivity contribution is -0.122. The molecule has 0 aliphatic heterocycles. The molecule has 2 amide bonds. The number of aliphatic hydroxyl groups is 1. The highest BCUT2D eigenvalue weighted by molar-refractivity contribution is 6.33. The van der Waals surface area contributed by atoms with Crippen LogP contribution in [-0.4, -0.2) is 34.1 Å². The second-order valence-electron chi connectivity index (χ2n) is 8.17. The number of anilines is 2. The Balaban J connectivity index is 2.25. The van der Waals surface area contributed by atoms with Crippen molar-refractivity contribution < 1.29 is 14.7 Å². The number of nitrogens with two attached hydrogens (primary N) is 1. The zero-order valence-electron chi connectivity index (χ0n) is 20.3. The second kappa shape index (κ2) is 12.3. The quantitative estimate of drug-likeness (QED) is 0.369. The maximum absolute atomic E-state index is 12.6. The first-order chi connectivity index (χ1) is 16.1. The molecular weight excluding hydrogens is 452 g/mol. The Morgan fingerprint density at radius 2 is 1.88 bits per heavy atom. The summed E-state index contributed by atoms with van der Waals surface area (Å²) in [6, 6.07) is 6.55. The fourth-order valence-electron chi connectivity index (χ4n) is 3.34. The van der Waals surface area contributed by atoms with Crippen LogP contribution in [0.1, 0.15) is 57.8 Å². The normalized spacial score (nSPS) is 12.3. The van der Waals surface area contributed by atoms with Gasteiger partial charge in [-0.05, 0) is 57.4 Å². The van der Waals surface area contributed by atoms with E-state index in [-0.39, 0.29) is 23.3 Å². The molecule has 2 aromatic rings. The van der Waals surface area contributed by atoms with Gasteiger partial charge in [0.2, 0.25) is 0 Å². The van der Waals surface area contributed by atoms with Gasteiger partial charge in [0.25, 0.3) is 11.8 Å². The molecule has 1 aromatic carbocycles. The molecule has 8 heteroatoms. The molecule has 1 unspecified atom stereocenters. The third-order valence-corrected chi connectivity index (χ3v) is 5.62. The maximum atomic E-state index is 12.6. The van der Waals surface area contributed by atoms with Gasteiger partial charge in [0.1, 0.15) is 5.82 Å². The summed E-state index contributed by atoms with van der Waals surface area (Å²) in [5.41, 5.74) is 9.50. The predicted octanol–water partition coefficient (Wildman–Crippen LogP) is 5.11. The van der Waals surface area contributed by atoms with Crippen LogP contribution in [0, 0.1) is 0 Å². The van der Waals surface area contributed by atoms with E-state index in [4.69, 9.17) is 17.3 Å². The Hall–Kier alpha value is -3.16. The highest BCUT2D eigenvalue weighted by Gasteiger charge is 2.19. The number of hydrogen-bond donors (Lipinski definition) is 4. The molecule has 0 aliphatic rings. The summed E-state index contributed by atoms with van der Waals surface area (Å²) in [6.45, 7) is 9.57. The SMILES string of the molecule is C/C=C(\C=C(CC)CC)C(O)C(=O)Nc1ccc(-c2cnc(N)c(C(=O)NC(C)C)c2)c(Cl)c1. The Bertz CT molecular complexity index is 1100. The molecular formula is C26H33ClN4O3. The number of nitrogens with one attached hydrogen (secondary N) is 2. The van der Waals surface area contributed by atoms with E-state index in [9.17, 15) is 14.7 Å². The van der Waals surface area contributed by atoms with Crippen molar-refractivity contribution in [3.05, 3.63) is 64.3 Å². The number of carbonyl (C=O) groups excluding carboxylic acids is 2. The lowest BCUT2D eigenvalue weighted by atomic mass is 10.0. The molecule has 0 spiro atoms. The highest BCUT2D eigenvalue weighted by Crippen LogP contribution is 2.31. The monoisotopic (exact) mass is 484 g/mol. The standard InChI is InChI=1S/C26H33ClN4O3/c1-6-16(7-2)11-17(8-3)23(32)26(34)31-19-9-10-20(22(27)13-19)18-12-21(24(28)29-14-18)25(33)30-15(4)5/h8-15,23,32H,6-7H2,1-5H3,(H2,28,29)(H,30,33)(H,31,34)/b17-8+. The van der Waals surface area contributed by atoms with Gasteiger partial charge in [-0.25, -0.2) is 4.98 Å². The van der Waals surface area contributed by atoms with Crippen molar-refractivity contribution in [2.24, 2.45) is 0 Å². The topological polar surface area (TPSA) is 117 Å². The number of pyridine rings is 1. The molecule has 0 saturated heterocycles. The predicted molar refractivity (Wildman–Crippen MR) is 139 cm³/mol. The van der Waals surface area contributed by atoms with E-state index in [0.717, 1.165) is 18.4 Å². The molecule has 0 saturated carbocycles. The number of carbonyl (C=O) groups is 2. The van der Waals surface area contributed by atoms with Gasteiger partial charge in [-0.15, -0.1) is 0 Å². The Kier molecular flexibility index (Phi) is 9.83. The van der Waals surface area contributed by atoms with Crippen molar-refractivity contribution in [2.75, 3.05) is 11.1 Å². The molecule has 182 valence electrons. The third-order valence-electron chi connectivity index (χ3n) is 5.31. The number of nitrogen functional groups attached to an aromatic ring is 1. The van der Waals surface area contributed by atoms with E-state index in [1.54, 1.807) is 37.3 Å². The number of benzene rings is 1. The first-order valence-electron chi connectivity index (χ1n) is 11.3. The van der Waals surface area contributed by atoms with Crippen molar-refractivity contribution in [1.82, 2.24) is 10.3 Å². The van der Waals surface area contributed by atoms with Gasteiger partial charge in [0.15, 0.2) is 6.10 Å². The minimum atomic E-state index is -1.31. The zero-order valence-corrected chi connectivity index (χ0v) is 21.0. The van der Waals surface area contributed by atoms with Crippen LogP contribution in [0.25, 0.3) is 11.1 Å². The molecule has 7 nitrogen and oxygen atoms in total. The zero-order chi connectivity index (χ0) is 25.4. The van der Waals surface area contributed by atoms with Crippen LogP contribution in [0.3, 0.4) is 0 Å². The van der Waals surface area contributed by atoms with Crippen molar-refractivity contribution in [1.29, 1.82) is 0 Å². The number of aromatic nitrogens is 1. The molecule has 1 atom stereocenters. The summed E-state index contributed by atoms with van der Waals surface area (Å²) < 4.78 is 0. The number of nitrogens with zero attached hydrogens (tertiary/aromatic N) is 1. The fraction of sp³-hybridized carbons (Fsp3) is 0.346. The van der Waals surface area contributed by atoms with Gasteiger partial charge in [0.05, 0.1) is 10.6 Å². The lowest BCUT2D eigenvalue weighted by Crippen LogP contribution is -2.30. The van der Waals surface area contributed by atoms with Crippen LogP contribution in [0.15, 0.2) is 53.8 Å². The fourth-order valence-corrected chi connectivity index (χ4v) is 3.63. The van der Waals surface area contributed by atoms with E-state index in [1.165, 1.54) is 6.20 Å². The number of amides is 2. The summed E-state index contributed by atoms with van der Waals surface area (Å²) >= 11 is 6.48. The number of hydrogen-bond acceptors (Lipinski definition) is 5. The van der Waals surface area contributed by atoms with Crippen LogP contribution in [0.4, 0.5) is 11.5 Å². The number of aliphatic hydroxyl groups excluding tert-OH is 1. The Morgan fingerprint density at radius 1 is 1.21 bits per heavy atom. The molecule has 0 fully saturated rings. The molecule has 0 aliphatic carbocycles. The van der Waals surface area contributed by atoms with Crippen LogP contribution < -0.4 is 16.4 Å². The van der Waals surface area contributed by atoms with Crippen LogP contribution in [-0.2, 0) is 4.79 Å². The minimum absolute atomic E-state index is 0.0496. The second-order valence-corrected chi connectivity index (χ2v) is 8.58. The van der Waals surface area contributed by atoms with Gasteiger partial charge in [-0.3, -0.25) is 9.59 Å². The van der Waals surface area contributed by atoms with Gasteiger partial charge >= 0.3 is 0 Å². The van der Waals surface area contributed by atoms with E-state index in [0.29, 0.717) is 27.4 Å². The van der Waals surface area contributed by atoms with E-state index >= 15 is 0 Å². The first kappa shape index (κ1) is 27.1. The first-order valence-corrected chi connectivity index (χ1v) is 11.7. The van der Waals surface area contributed by atoms with E-state index in [1.807, 2.05) is 33.8 Å². The summed E-state index contributed by atoms with van der Waals surface area (Å²) in [6.07, 6.45) is 5.52. The molecule has 2 rings (SSSR count). The summed E-state index contributed by atoms with van der Waals surface area (Å²) in [5, 5.41) is 16.4. The summed E-state index contributed by atoms with van der Waals surface area (Å²) in [4.78, 5) is 29.2. The van der Waals surface area contributed by atoms with Crippen molar-refractivity contribution in [2.45, 2.75) is 59.6 Å². The summed E-state index contributed by atoms with van der Waals surface area (Å²) in [7, 11) is 0. The molecule has 1 aromatic heterocycles. The third kappa shape index (κ3) is 6.92. The molecule has 0 radical (unpaired) electrons. The van der Waals surface area contributed by atoms with Crippen molar-refractivity contribution >= 4 is 34.9 Å². The molecule has 1 heterocycles. The van der Waals surface area contributed by atoms with E-state index in [2.05, 4.69) is 15.6 Å². The largest absolute Gasteiger partial charge is 0.383 e. The smallest absolute Gasteiger partial charge is 0.257 e. The van der Waals surface area contributed by atoms with Crippen LogP contribution in [0.5, 0.6) is 0 Å². The minimum Gasteiger partial charge on any atom is -0.383 e. The van der Waals surface area contributed by atoms with Gasteiger partial charge in [-0.1, -0.05) is 49.2 Å². The van der Waals surface area contributed by atoms with Crippen LogP contribution in [0.2, 0.25) is 5.02 Å². The average molecular weight is 485 g/mol. The van der Waals surface area contributed by atoms with Crippen molar-refractivity contribution in [3.8, 4) is 11.1 Å². The van der Waals surface area contributed by atoms with Crippen molar-refractivity contribution in [3.63, 3.8) is 0 Å². The number of allylic oxidation sites excluding steroid dienone is 2. The van der Waals surface area contributed by atoms with Gasteiger partial charge in [-0.2, -0.15) is 0 Å². The maximum Gasteiger partial charge on any atom is 0.257 e. The van der Waals surface area contributed by atoms with E-state index < -0.39 is 12.0 Å². The number of rotatable bonds is 9. The molecule has 5 N–H and O–H groups in total. The highest BCUT2D eigenvalue weighted by atomic mass is 35.5. The Morgan fingerprint density at radius 3 is 2.44 bits per heavy atom. The molecule has 34 heavy (non-hydrogen) atoms. The van der Waals surface area contributed by atoms with Crippen LogP contribution >= 0.6 is 11.6 Å².